The fraction of sp³-hybridized carbons (Fsp3) is 0.500. The summed E-state index contributed by atoms with van der Waals surface area (Å²) in [6, 6.07) is 5.51. The highest BCUT2D eigenvalue weighted by Crippen LogP contribution is 2.25. The van der Waals surface area contributed by atoms with Gasteiger partial charge in [-0.05, 0) is 42.4 Å². The molecule has 1 aliphatic heterocycles. The van der Waals surface area contributed by atoms with Crippen LogP contribution in [0.5, 0.6) is 5.75 Å². The summed E-state index contributed by atoms with van der Waals surface area (Å²) in [4.78, 5) is 4.25. The van der Waals surface area contributed by atoms with Crippen LogP contribution in [-0.4, -0.2) is 30.4 Å². The average molecular weight is 461 g/mol. The first kappa shape index (κ1) is 20.2. The second-order valence-electron chi connectivity index (χ2n) is 5.01. The average Bonchev–Trinajstić information content (AvgIpc) is 2.45. The van der Waals surface area contributed by atoms with Gasteiger partial charge in [-0.2, -0.15) is 11.8 Å². The third-order valence-corrected chi connectivity index (χ3v) is 4.40. The predicted molar refractivity (Wildman–Crippen MR) is 98.7 cm³/mol. The van der Waals surface area contributed by atoms with Crippen molar-refractivity contribution in [3.8, 4) is 5.75 Å². The quantitative estimate of drug-likeness (QED) is 0.403. The van der Waals surface area contributed by atoms with Gasteiger partial charge in [0.2, 0.25) is 0 Å². The van der Waals surface area contributed by atoms with Crippen LogP contribution in [0.15, 0.2) is 29.3 Å². The Labute approximate surface area is 154 Å². The molecule has 1 aromatic carbocycles. The van der Waals surface area contributed by atoms with E-state index in [4.69, 9.17) is 5.73 Å². The number of nitrogens with two attached hydrogens (primary N) is 1. The Bertz CT molecular complexity index is 522. The van der Waals surface area contributed by atoms with Gasteiger partial charge in [0.1, 0.15) is 5.75 Å². The molecular formula is C14H19F3IN3OS. The maximum atomic E-state index is 12.2. The van der Waals surface area contributed by atoms with E-state index in [1.54, 1.807) is 6.07 Å². The van der Waals surface area contributed by atoms with Crippen molar-refractivity contribution >= 4 is 47.4 Å². The minimum Gasteiger partial charge on any atom is -0.406 e. The van der Waals surface area contributed by atoms with Crippen LogP contribution in [0.25, 0.3) is 0 Å². The molecule has 130 valence electrons. The van der Waals surface area contributed by atoms with E-state index in [0.29, 0.717) is 18.2 Å². The second-order valence-corrected chi connectivity index (χ2v) is 6.16. The molecule has 0 spiro atoms. The highest BCUT2D eigenvalue weighted by molar-refractivity contribution is 14.0. The number of rotatable bonds is 4. The fourth-order valence-corrected chi connectivity index (χ4v) is 3.28. The molecule has 1 unspecified atom stereocenters. The van der Waals surface area contributed by atoms with Gasteiger partial charge in [0.25, 0.3) is 0 Å². The van der Waals surface area contributed by atoms with Gasteiger partial charge in [-0.3, -0.25) is 4.99 Å². The van der Waals surface area contributed by atoms with Gasteiger partial charge >= 0.3 is 6.36 Å². The van der Waals surface area contributed by atoms with E-state index in [0.717, 1.165) is 12.2 Å². The molecule has 23 heavy (non-hydrogen) atoms. The molecule has 0 amide bonds. The zero-order chi connectivity index (χ0) is 16.0. The molecule has 0 aliphatic carbocycles. The summed E-state index contributed by atoms with van der Waals surface area (Å²) in [7, 11) is 0. The van der Waals surface area contributed by atoms with Crippen molar-refractivity contribution in [2.24, 2.45) is 16.6 Å². The summed E-state index contributed by atoms with van der Waals surface area (Å²) in [6.45, 7) is 0.630. The lowest BCUT2D eigenvalue weighted by molar-refractivity contribution is -0.274. The lowest BCUT2D eigenvalue weighted by atomic mass is 10.1. The number of nitrogens with zero attached hydrogens (tertiary/aromatic N) is 1. The number of hydrogen-bond donors (Lipinski definition) is 2. The summed E-state index contributed by atoms with van der Waals surface area (Å²) in [6.07, 6.45) is -2.38. The number of halogens is 4. The molecule has 1 atom stereocenters. The Balaban J connectivity index is 0.00000264. The summed E-state index contributed by atoms with van der Waals surface area (Å²) < 4.78 is 40.4. The van der Waals surface area contributed by atoms with Crippen molar-refractivity contribution in [3.05, 3.63) is 24.3 Å². The Morgan fingerprint density at radius 2 is 2.22 bits per heavy atom. The van der Waals surface area contributed by atoms with Crippen LogP contribution in [0.1, 0.15) is 12.8 Å². The Morgan fingerprint density at radius 1 is 1.43 bits per heavy atom. The SMILES string of the molecule is I.NC(=NCC1CCCSC1)Nc1cccc(OC(F)(F)F)c1. The summed E-state index contributed by atoms with van der Waals surface area (Å²) in [5, 5.41) is 2.78. The van der Waals surface area contributed by atoms with Crippen LogP contribution in [0.3, 0.4) is 0 Å². The minimum absolute atomic E-state index is 0. The van der Waals surface area contributed by atoms with E-state index in [1.807, 2.05) is 11.8 Å². The molecule has 1 aromatic rings. The number of nitrogens with one attached hydrogen (secondary N) is 1. The highest BCUT2D eigenvalue weighted by atomic mass is 127. The largest absolute Gasteiger partial charge is 0.573 e. The van der Waals surface area contributed by atoms with E-state index >= 15 is 0 Å². The maximum Gasteiger partial charge on any atom is 0.573 e. The summed E-state index contributed by atoms with van der Waals surface area (Å²) in [5.41, 5.74) is 6.17. The predicted octanol–water partition coefficient (Wildman–Crippen LogP) is 4.07. The minimum atomic E-state index is -4.71. The smallest absolute Gasteiger partial charge is 0.406 e. The molecule has 2 rings (SSSR count). The van der Waals surface area contributed by atoms with Crippen LogP contribution in [-0.2, 0) is 0 Å². The van der Waals surface area contributed by atoms with Crippen molar-refractivity contribution in [1.29, 1.82) is 0 Å². The second kappa shape index (κ2) is 9.45. The molecule has 0 saturated carbocycles. The van der Waals surface area contributed by atoms with Crippen molar-refractivity contribution in [2.75, 3.05) is 23.4 Å². The molecule has 0 radical (unpaired) electrons. The zero-order valence-electron chi connectivity index (χ0n) is 12.3. The Morgan fingerprint density at radius 3 is 2.87 bits per heavy atom. The van der Waals surface area contributed by atoms with Crippen molar-refractivity contribution < 1.29 is 17.9 Å². The lowest BCUT2D eigenvalue weighted by Gasteiger charge is -2.19. The van der Waals surface area contributed by atoms with E-state index in [1.165, 1.54) is 30.4 Å². The third kappa shape index (κ3) is 8.00. The van der Waals surface area contributed by atoms with E-state index in [9.17, 15) is 13.2 Å². The number of alkyl halides is 3. The highest BCUT2D eigenvalue weighted by Gasteiger charge is 2.31. The van der Waals surface area contributed by atoms with Gasteiger partial charge in [-0.25, -0.2) is 0 Å². The molecule has 1 fully saturated rings. The molecule has 1 aliphatic rings. The number of thioether (sulfide) groups is 1. The molecule has 3 N–H and O–H groups in total. The molecule has 0 aromatic heterocycles. The first-order valence-corrected chi connectivity index (χ1v) is 8.08. The summed E-state index contributed by atoms with van der Waals surface area (Å²) in [5.74, 6) is 2.68. The van der Waals surface area contributed by atoms with Crippen molar-refractivity contribution in [1.82, 2.24) is 0 Å². The van der Waals surface area contributed by atoms with Crippen LogP contribution in [0.2, 0.25) is 0 Å². The number of ether oxygens (including phenoxy) is 1. The van der Waals surface area contributed by atoms with E-state index < -0.39 is 6.36 Å². The Hall–Kier alpha value is -0.840. The standard InChI is InChI=1S/C14H18F3N3OS.HI/c15-14(16,17)21-12-5-1-4-11(7-12)20-13(18)19-8-10-3-2-6-22-9-10;/h1,4-5,7,10H,2-3,6,8-9H2,(H3,18,19,20);1H. The molecule has 1 heterocycles. The van der Waals surface area contributed by atoms with Crippen LogP contribution < -0.4 is 15.8 Å². The first-order chi connectivity index (χ1) is 10.4. The van der Waals surface area contributed by atoms with Gasteiger partial charge < -0.3 is 15.8 Å². The normalized spacial score (nSPS) is 18.9. The molecule has 0 bridgehead atoms. The third-order valence-electron chi connectivity index (χ3n) is 3.11. The monoisotopic (exact) mass is 461 g/mol. The summed E-state index contributed by atoms with van der Waals surface area (Å²) >= 11 is 1.91. The number of benzene rings is 1. The maximum absolute atomic E-state index is 12.2. The molecule has 9 heteroatoms. The number of hydrogen-bond acceptors (Lipinski definition) is 3. The number of anilines is 1. The molecule has 4 nitrogen and oxygen atoms in total. The Kier molecular flexibility index (Phi) is 8.31. The van der Waals surface area contributed by atoms with Crippen LogP contribution >= 0.6 is 35.7 Å². The first-order valence-electron chi connectivity index (χ1n) is 6.93. The van der Waals surface area contributed by atoms with E-state index in [2.05, 4.69) is 15.0 Å². The van der Waals surface area contributed by atoms with Crippen molar-refractivity contribution in [3.63, 3.8) is 0 Å². The molecular weight excluding hydrogens is 442 g/mol. The zero-order valence-corrected chi connectivity index (χ0v) is 15.5. The number of aliphatic imine (C=N–C) groups is 1. The lowest BCUT2D eigenvalue weighted by Crippen LogP contribution is -2.25. The van der Waals surface area contributed by atoms with Crippen molar-refractivity contribution in [2.45, 2.75) is 19.2 Å². The van der Waals surface area contributed by atoms with Crippen LogP contribution in [0, 0.1) is 5.92 Å². The van der Waals surface area contributed by atoms with Gasteiger partial charge in [0.15, 0.2) is 5.96 Å². The van der Waals surface area contributed by atoms with Gasteiger partial charge in [-0.15, -0.1) is 37.1 Å². The van der Waals surface area contributed by atoms with Gasteiger partial charge in [0, 0.05) is 18.3 Å². The molecule has 1 saturated heterocycles. The topological polar surface area (TPSA) is 59.6 Å². The number of guanidine groups is 1. The van der Waals surface area contributed by atoms with Gasteiger partial charge in [-0.1, -0.05) is 6.07 Å². The fourth-order valence-electron chi connectivity index (χ4n) is 2.14. The van der Waals surface area contributed by atoms with E-state index in [-0.39, 0.29) is 35.7 Å². The van der Waals surface area contributed by atoms with Gasteiger partial charge in [0.05, 0.1) is 0 Å². The van der Waals surface area contributed by atoms with Crippen LogP contribution in [0.4, 0.5) is 18.9 Å².